The smallest absolute Gasteiger partial charge is 0.257 e. The van der Waals surface area contributed by atoms with Crippen LogP contribution in [0.15, 0.2) is 27.5 Å². The predicted molar refractivity (Wildman–Crippen MR) is 97.2 cm³/mol. The molecule has 2 aromatic heterocycles. The Kier molecular flexibility index (Phi) is 4.07. The summed E-state index contributed by atoms with van der Waals surface area (Å²) >= 11 is 0. The molecule has 7 nitrogen and oxygen atoms in total. The van der Waals surface area contributed by atoms with E-state index in [1.807, 2.05) is 4.90 Å². The molecule has 0 aromatic carbocycles. The molecule has 1 aliphatic carbocycles. The van der Waals surface area contributed by atoms with Crippen LogP contribution in [0.1, 0.15) is 72.6 Å². The van der Waals surface area contributed by atoms with Crippen LogP contribution in [-0.2, 0) is 0 Å². The SMILES string of the molecule is CN1CC2(CCN(C(=O)c3ccoc3)CC2)CC1c1noc(C2CCC2)n1. The van der Waals surface area contributed by atoms with Crippen molar-refractivity contribution < 1.29 is 13.7 Å². The molecule has 3 fully saturated rings. The number of carbonyl (C=O) groups excluding carboxylic acids is 1. The van der Waals surface area contributed by atoms with Gasteiger partial charge in [-0.15, -0.1) is 0 Å². The molecule has 7 heteroatoms. The van der Waals surface area contributed by atoms with Crippen molar-refractivity contribution in [3.8, 4) is 0 Å². The van der Waals surface area contributed by atoms with Gasteiger partial charge in [0.15, 0.2) is 5.82 Å². The second-order valence-corrected chi connectivity index (χ2v) is 8.56. The molecule has 5 rings (SSSR count). The van der Waals surface area contributed by atoms with Crippen LogP contribution in [0.3, 0.4) is 0 Å². The van der Waals surface area contributed by atoms with Gasteiger partial charge in [0.05, 0.1) is 17.9 Å². The first-order valence-electron chi connectivity index (χ1n) is 9.99. The highest BCUT2D eigenvalue weighted by molar-refractivity contribution is 5.93. The first-order valence-corrected chi connectivity index (χ1v) is 9.99. The molecule has 2 aliphatic heterocycles. The topological polar surface area (TPSA) is 75.6 Å². The average molecular weight is 370 g/mol. The van der Waals surface area contributed by atoms with Crippen molar-refractivity contribution in [2.75, 3.05) is 26.7 Å². The summed E-state index contributed by atoms with van der Waals surface area (Å²) in [4.78, 5) is 21.6. The minimum atomic E-state index is 0.0739. The maximum absolute atomic E-state index is 12.5. The molecule has 4 heterocycles. The van der Waals surface area contributed by atoms with E-state index in [0.717, 1.165) is 50.6 Å². The van der Waals surface area contributed by atoms with E-state index in [2.05, 4.69) is 17.1 Å². The van der Waals surface area contributed by atoms with Gasteiger partial charge in [-0.3, -0.25) is 9.69 Å². The Morgan fingerprint density at radius 3 is 2.78 bits per heavy atom. The van der Waals surface area contributed by atoms with Gasteiger partial charge in [0, 0.05) is 25.6 Å². The number of aromatic nitrogens is 2. The van der Waals surface area contributed by atoms with Gasteiger partial charge in [0.25, 0.3) is 5.91 Å². The third-order valence-electron chi connectivity index (χ3n) is 6.83. The zero-order valence-electron chi connectivity index (χ0n) is 15.8. The fourth-order valence-electron chi connectivity index (χ4n) is 4.88. The molecule has 2 aromatic rings. The lowest BCUT2D eigenvalue weighted by molar-refractivity contribution is 0.0592. The van der Waals surface area contributed by atoms with Crippen LogP contribution in [0.2, 0.25) is 0 Å². The number of piperidine rings is 1. The molecule has 1 unspecified atom stereocenters. The molecule has 2 saturated heterocycles. The Labute approximate surface area is 158 Å². The Morgan fingerprint density at radius 1 is 1.30 bits per heavy atom. The van der Waals surface area contributed by atoms with Crippen molar-refractivity contribution in [2.45, 2.75) is 50.5 Å². The quantitative estimate of drug-likeness (QED) is 0.826. The summed E-state index contributed by atoms with van der Waals surface area (Å²) in [5.74, 6) is 2.22. The van der Waals surface area contributed by atoms with Crippen molar-refractivity contribution in [3.05, 3.63) is 35.9 Å². The minimum Gasteiger partial charge on any atom is -0.472 e. The third kappa shape index (κ3) is 2.98. The van der Waals surface area contributed by atoms with Crippen LogP contribution >= 0.6 is 0 Å². The third-order valence-corrected chi connectivity index (χ3v) is 6.83. The maximum atomic E-state index is 12.5. The van der Waals surface area contributed by atoms with E-state index in [1.54, 1.807) is 12.3 Å². The van der Waals surface area contributed by atoms with Gasteiger partial charge in [-0.1, -0.05) is 11.6 Å². The molecule has 144 valence electrons. The zero-order valence-corrected chi connectivity index (χ0v) is 15.8. The van der Waals surface area contributed by atoms with E-state index in [1.165, 1.54) is 25.5 Å². The summed E-state index contributed by atoms with van der Waals surface area (Å²) in [6.45, 7) is 2.62. The fraction of sp³-hybridized carbons (Fsp3) is 0.650. The van der Waals surface area contributed by atoms with Gasteiger partial charge in [-0.25, -0.2) is 0 Å². The maximum Gasteiger partial charge on any atom is 0.257 e. The highest BCUT2D eigenvalue weighted by Gasteiger charge is 2.47. The molecule has 0 N–H and O–H groups in total. The monoisotopic (exact) mass is 370 g/mol. The van der Waals surface area contributed by atoms with Crippen LogP contribution < -0.4 is 0 Å². The molecular formula is C20H26N4O3. The number of nitrogens with zero attached hydrogens (tertiary/aromatic N) is 4. The van der Waals surface area contributed by atoms with E-state index < -0.39 is 0 Å². The second-order valence-electron chi connectivity index (χ2n) is 8.56. The first kappa shape index (κ1) is 17.0. The molecule has 1 saturated carbocycles. The summed E-state index contributed by atoms with van der Waals surface area (Å²) in [5.41, 5.74) is 0.881. The van der Waals surface area contributed by atoms with Gasteiger partial charge < -0.3 is 13.8 Å². The van der Waals surface area contributed by atoms with Crippen molar-refractivity contribution >= 4 is 5.91 Å². The molecule has 0 bridgehead atoms. The van der Waals surface area contributed by atoms with E-state index >= 15 is 0 Å². The van der Waals surface area contributed by atoms with Gasteiger partial charge in [-0.05, 0) is 50.6 Å². The van der Waals surface area contributed by atoms with Crippen LogP contribution in [0, 0.1) is 5.41 Å². The number of furan rings is 1. The Bertz CT molecular complexity index is 803. The molecular weight excluding hydrogens is 344 g/mol. The molecule has 0 radical (unpaired) electrons. The number of carbonyl (C=O) groups is 1. The fourth-order valence-corrected chi connectivity index (χ4v) is 4.88. The van der Waals surface area contributed by atoms with Crippen LogP contribution in [0.25, 0.3) is 0 Å². The average Bonchev–Trinajstić information content (AvgIpc) is 3.35. The lowest BCUT2D eigenvalue weighted by Gasteiger charge is -2.39. The first-order chi connectivity index (χ1) is 13.1. The molecule has 27 heavy (non-hydrogen) atoms. The zero-order chi connectivity index (χ0) is 18.4. The van der Waals surface area contributed by atoms with Crippen molar-refractivity contribution in [1.82, 2.24) is 19.9 Å². The predicted octanol–water partition coefficient (Wildman–Crippen LogP) is 3.23. The van der Waals surface area contributed by atoms with Gasteiger partial charge >= 0.3 is 0 Å². The van der Waals surface area contributed by atoms with Crippen LogP contribution in [-0.4, -0.2) is 52.5 Å². The second kappa shape index (κ2) is 6.48. The highest BCUT2D eigenvalue weighted by Crippen LogP contribution is 2.48. The Balaban J connectivity index is 1.24. The van der Waals surface area contributed by atoms with E-state index in [9.17, 15) is 4.79 Å². The lowest BCUT2D eigenvalue weighted by atomic mass is 9.76. The van der Waals surface area contributed by atoms with Crippen molar-refractivity contribution in [1.29, 1.82) is 0 Å². The molecule has 3 aliphatic rings. The summed E-state index contributed by atoms with van der Waals surface area (Å²) in [5, 5.41) is 4.30. The normalized spacial score (nSPS) is 25.8. The Morgan fingerprint density at radius 2 is 2.11 bits per heavy atom. The van der Waals surface area contributed by atoms with E-state index in [-0.39, 0.29) is 17.4 Å². The number of amides is 1. The highest BCUT2D eigenvalue weighted by atomic mass is 16.5. The lowest BCUT2D eigenvalue weighted by Crippen LogP contribution is -2.44. The van der Waals surface area contributed by atoms with Crippen LogP contribution in [0.5, 0.6) is 0 Å². The molecule has 1 amide bonds. The standard InChI is InChI=1S/C20H26N4O3/c1-23-13-20(6-8-24(9-7-20)19(25)15-5-10-26-12-15)11-16(23)17-21-18(27-22-17)14-3-2-4-14/h5,10,12,14,16H,2-4,6-9,11,13H2,1H3. The Hall–Kier alpha value is -2.15. The van der Waals surface area contributed by atoms with Gasteiger partial charge in [0.2, 0.25) is 5.89 Å². The summed E-state index contributed by atoms with van der Waals surface area (Å²) < 4.78 is 10.6. The summed E-state index contributed by atoms with van der Waals surface area (Å²) in [7, 11) is 2.15. The minimum absolute atomic E-state index is 0.0739. The summed E-state index contributed by atoms with van der Waals surface area (Å²) in [6.07, 6.45) is 9.78. The number of rotatable bonds is 3. The molecule has 1 atom stereocenters. The van der Waals surface area contributed by atoms with E-state index in [0.29, 0.717) is 11.5 Å². The number of hydrogen-bond acceptors (Lipinski definition) is 6. The number of hydrogen-bond donors (Lipinski definition) is 0. The summed E-state index contributed by atoms with van der Waals surface area (Å²) in [6, 6.07) is 1.96. The van der Waals surface area contributed by atoms with E-state index in [4.69, 9.17) is 13.9 Å². The van der Waals surface area contributed by atoms with Crippen LogP contribution in [0.4, 0.5) is 0 Å². The van der Waals surface area contributed by atoms with Crippen molar-refractivity contribution in [3.63, 3.8) is 0 Å². The van der Waals surface area contributed by atoms with Gasteiger partial charge in [-0.2, -0.15) is 4.98 Å². The van der Waals surface area contributed by atoms with Gasteiger partial charge in [0.1, 0.15) is 6.26 Å². The largest absolute Gasteiger partial charge is 0.472 e. The van der Waals surface area contributed by atoms with Crippen molar-refractivity contribution in [2.24, 2.45) is 5.41 Å². The molecule has 1 spiro atoms. The number of likely N-dealkylation sites (tertiary alicyclic amines) is 2.